The minimum Gasteiger partial charge on any atom is -0.317 e. The minimum absolute atomic E-state index is 0. The summed E-state index contributed by atoms with van der Waals surface area (Å²) >= 11 is 5.64. The molecule has 118 valence electrons. The van der Waals surface area contributed by atoms with Crippen LogP contribution in [0.1, 0.15) is 30.9 Å². The first kappa shape index (κ1) is 17.6. The van der Waals surface area contributed by atoms with E-state index in [1.165, 1.54) is 59.6 Å². The smallest absolute Gasteiger partial charge is 0.0364 e. The molecule has 1 atom stereocenters. The summed E-state index contributed by atoms with van der Waals surface area (Å²) in [6.45, 7) is 3.63. The quantitative estimate of drug-likeness (QED) is 0.825. The van der Waals surface area contributed by atoms with Gasteiger partial charge in [0.1, 0.15) is 0 Å². The summed E-state index contributed by atoms with van der Waals surface area (Å²) < 4.78 is 1.21. The highest BCUT2D eigenvalue weighted by atomic mass is 79.9. The molecule has 1 saturated heterocycles. The van der Waals surface area contributed by atoms with Gasteiger partial charge in [-0.05, 0) is 74.8 Å². The Morgan fingerprint density at radius 2 is 2.05 bits per heavy atom. The molecular formula is C16H24BrClN2S. The van der Waals surface area contributed by atoms with Crippen LogP contribution in [0.2, 0.25) is 0 Å². The maximum absolute atomic E-state index is 3.63. The summed E-state index contributed by atoms with van der Waals surface area (Å²) in [5, 5.41) is 3.46. The van der Waals surface area contributed by atoms with Crippen LogP contribution in [0.4, 0.5) is 0 Å². The first-order valence-electron chi connectivity index (χ1n) is 7.57. The van der Waals surface area contributed by atoms with Gasteiger partial charge < -0.3 is 5.32 Å². The number of nitrogens with one attached hydrogen (secondary N) is 1. The molecular weight excluding hydrogens is 368 g/mol. The van der Waals surface area contributed by atoms with Crippen LogP contribution >= 0.6 is 40.1 Å². The molecule has 0 spiro atoms. The highest BCUT2D eigenvalue weighted by Crippen LogP contribution is 2.40. The van der Waals surface area contributed by atoms with E-state index in [1.807, 2.05) is 11.8 Å². The first-order chi connectivity index (χ1) is 9.74. The average Bonchev–Trinajstić information content (AvgIpc) is 2.47. The molecule has 2 aliphatic rings. The van der Waals surface area contributed by atoms with Crippen molar-refractivity contribution in [2.24, 2.45) is 5.92 Å². The Hall–Kier alpha value is 0.260. The summed E-state index contributed by atoms with van der Waals surface area (Å²) in [6.07, 6.45) is 3.93. The number of thioether (sulfide) groups is 1. The van der Waals surface area contributed by atoms with Crippen molar-refractivity contribution in [2.75, 3.05) is 32.4 Å². The van der Waals surface area contributed by atoms with Crippen LogP contribution in [-0.4, -0.2) is 37.3 Å². The van der Waals surface area contributed by atoms with Gasteiger partial charge in [-0.1, -0.05) is 15.9 Å². The molecule has 1 N–H and O–H groups in total. The lowest BCUT2D eigenvalue weighted by atomic mass is 9.95. The van der Waals surface area contributed by atoms with E-state index in [9.17, 15) is 0 Å². The fourth-order valence-electron chi connectivity index (χ4n) is 3.40. The number of piperidine rings is 1. The van der Waals surface area contributed by atoms with E-state index in [2.05, 4.69) is 51.4 Å². The second-order valence-corrected chi connectivity index (χ2v) is 8.02. The van der Waals surface area contributed by atoms with Crippen molar-refractivity contribution >= 4 is 40.1 Å². The molecule has 1 unspecified atom stereocenters. The van der Waals surface area contributed by atoms with Gasteiger partial charge in [-0.25, -0.2) is 0 Å². The molecule has 1 aromatic carbocycles. The van der Waals surface area contributed by atoms with Gasteiger partial charge in [0, 0.05) is 22.0 Å². The van der Waals surface area contributed by atoms with E-state index in [1.54, 1.807) is 0 Å². The molecule has 0 bridgehead atoms. The molecule has 1 fully saturated rings. The molecule has 1 aromatic rings. The Labute approximate surface area is 147 Å². The number of nitrogens with zero attached hydrogens (tertiary/aromatic N) is 1. The SMILES string of the molecule is CN(CC1CCNCC1)C1CCSc2ccc(Br)cc21.Cl. The van der Waals surface area contributed by atoms with E-state index >= 15 is 0 Å². The molecule has 3 rings (SSSR count). The number of hydrogen-bond donors (Lipinski definition) is 1. The van der Waals surface area contributed by atoms with Crippen molar-refractivity contribution in [2.45, 2.75) is 30.2 Å². The monoisotopic (exact) mass is 390 g/mol. The van der Waals surface area contributed by atoms with Gasteiger partial charge in [0.2, 0.25) is 0 Å². The molecule has 0 radical (unpaired) electrons. The Morgan fingerprint density at radius 3 is 2.81 bits per heavy atom. The van der Waals surface area contributed by atoms with E-state index < -0.39 is 0 Å². The van der Waals surface area contributed by atoms with Crippen LogP contribution in [0, 0.1) is 5.92 Å². The molecule has 2 heterocycles. The number of halogens is 2. The number of rotatable bonds is 3. The average molecular weight is 392 g/mol. The Kier molecular flexibility index (Phi) is 6.88. The zero-order valence-corrected chi connectivity index (χ0v) is 15.7. The van der Waals surface area contributed by atoms with Crippen LogP contribution in [0.3, 0.4) is 0 Å². The summed E-state index contributed by atoms with van der Waals surface area (Å²) in [5.74, 6) is 2.11. The van der Waals surface area contributed by atoms with E-state index in [4.69, 9.17) is 0 Å². The second-order valence-electron chi connectivity index (χ2n) is 5.97. The van der Waals surface area contributed by atoms with Crippen molar-refractivity contribution in [1.82, 2.24) is 10.2 Å². The molecule has 2 nitrogen and oxygen atoms in total. The molecule has 0 saturated carbocycles. The van der Waals surface area contributed by atoms with Gasteiger partial charge in [-0.15, -0.1) is 24.2 Å². The molecule has 0 aliphatic carbocycles. The molecule has 0 amide bonds. The largest absolute Gasteiger partial charge is 0.317 e. The third-order valence-corrected chi connectivity index (χ3v) is 6.13. The van der Waals surface area contributed by atoms with Gasteiger partial charge in [-0.3, -0.25) is 4.90 Å². The third-order valence-electron chi connectivity index (χ3n) is 4.52. The normalized spacial score (nSPS) is 22.7. The Morgan fingerprint density at radius 1 is 1.29 bits per heavy atom. The van der Waals surface area contributed by atoms with E-state index in [-0.39, 0.29) is 12.4 Å². The summed E-state index contributed by atoms with van der Waals surface area (Å²) in [4.78, 5) is 4.07. The predicted octanol–water partition coefficient (Wildman–Crippen LogP) is 4.34. The number of benzene rings is 1. The number of fused-ring (bicyclic) bond motifs is 1. The molecule has 2 aliphatic heterocycles. The lowest BCUT2D eigenvalue weighted by Crippen LogP contribution is -2.37. The maximum Gasteiger partial charge on any atom is 0.0364 e. The van der Waals surface area contributed by atoms with Crippen molar-refractivity contribution in [1.29, 1.82) is 0 Å². The van der Waals surface area contributed by atoms with Crippen LogP contribution in [0.15, 0.2) is 27.6 Å². The molecule has 0 aromatic heterocycles. The van der Waals surface area contributed by atoms with Crippen LogP contribution in [0.25, 0.3) is 0 Å². The standard InChI is InChI=1S/C16H23BrN2S.ClH/c1-19(11-12-4-7-18-8-5-12)15-6-9-20-16-3-2-13(17)10-14(15)16;/h2-3,10,12,15,18H,4-9,11H2,1H3;1H. The van der Waals surface area contributed by atoms with Crippen LogP contribution in [0.5, 0.6) is 0 Å². The van der Waals surface area contributed by atoms with Crippen LogP contribution < -0.4 is 5.32 Å². The predicted molar refractivity (Wildman–Crippen MR) is 97.7 cm³/mol. The second kappa shape index (κ2) is 8.21. The molecule has 5 heteroatoms. The Balaban J connectivity index is 0.00000161. The summed E-state index contributed by atoms with van der Waals surface area (Å²) in [5.41, 5.74) is 1.52. The van der Waals surface area contributed by atoms with Crippen molar-refractivity contribution in [3.8, 4) is 0 Å². The Bertz CT molecular complexity index is 466. The summed E-state index contributed by atoms with van der Waals surface area (Å²) in [6, 6.07) is 7.36. The van der Waals surface area contributed by atoms with Gasteiger partial charge in [0.15, 0.2) is 0 Å². The fraction of sp³-hybridized carbons (Fsp3) is 0.625. The third kappa shape index (κ3) is 4.38. The summed E-state index contributed by atoms with van der Waals surface area (Å²) in [7, 11) is 2.31. The topological polar surface area (TPSA) is 15.3 Å². The zero-order chi connectivity index (χ0) is 13.9. The van der Waals surface area contributed by atoms with Crippen LogP contribution in [-0.2, 0) is 0 Å². The fourth-order valence-corrected chi connectivity index (χ4v) is 4.87. The minimum atomic E-state index is 0. The van der Waals surface area contributed by atoms with E-state index in [0.29, 0.717) is 6.04 Å². The lowest BCUT2D eigenvalue weighted by Gasteiger charge is -2.36. The number of hydrogen-bond acceptors (Lipinski definition) is 3. The van der Waals surface area contributed by atoms with Crippen molar-refractivity contribution < 1.29 is 0 Å². The highest BCUT2D eigenvalue weighted by Gasteiger charge is 2.26. The van der Waals surface area contributed by atoms with Gasteiger partial charge >= 0.3 is 0 Å². The molecule has 21 heavy (non-hydrogen) atoms. The lowest BCUT2D eigenvalue weighted by molar-refractivity contribution is 0.180. The van der Waals surface area contributed by atoms with E-state index in [0.717, 1.165) is 5.92 Å². The van der Waals surface area contributed by atoms with Crippen molar-refractivity contribution in [3.05, 3.63) is 28.2 Å². The van der Waals surface area contributed by atoms with Gasteiger partial charge in [0.25, 0.3) is 0 Å². The van der Waals surface area contributed by atoms with Crippen molar-refractivity contribution in [3.63, 3.8) is 0 Å². The van der Waals surface area contributed by atoms with Gasteiger partial charge in [-0.2, -0.15) is 0 Å². The van der Waals surface area contributed by atoms with Gasteiger partial charge in [0.05, 0.1) is 0 Å². The highest BCUT2D eigenvalue weighted by molar-refractivity contribution is 9.10. The maximum atomic E-state index is 3.63. The first-order valence-corrected chi connectivity index (χ1v) is 9.35. The zero-order valence-electron chi connectivity index (χ0n) is 12.5.